The van der Waals surface area contributed by atoms with Crippen LogP contribution in [0, 0.1) is 11.3 Å². The molecule has 0 aliphatic rings. The Bertz CT molecular complexity index is 672. The predicted molar refractivity (Wildman–Crippen MR) is 80.2 cm³/mol. The maximum atomic E-state index is 12.2. The second kappa shape index (κ2) is 6.42. The van der Waals surface area contributed by atoms with Crippen molar-refractivity contribution in [3.05, 3.63) is 63.6 Å². The third kappa shape index (κ3) is 3.51. The van der Waals surface area contributed by atoms with Crippen LogP contribution >= 0.6 is 23.2 Å². The van der Waals surface area contributed by atoms with E-state index in [1.807, 2.05) is 6.07 Å². The molecule has 0 radical (unpaired) electrons. The Labute approximate surface area is 126 Å². The molecule has 2 rings (SSSR count). The van der Waals surface area contributed by atoms with Crippen molar-refractivity contribution in [3.8, 4) is 6.07 Å². The fourth-order valence-corrected chi connectivity index (χ4v) is 2.33. The van der Waals surface area contributed by atoms with Crippen molar-refractivity contribution in [3.63, 3.8) is 0 Å². The van der Waals surface area contributed by atoms with E-state index in [0.29, 0.717) is 26.9 Å². The molecule has 0 aliphatic carbocycles. The SMILES string of the molecule is N#CCc1ccccc1C(=O)Nc1cc(Cl)cc(Cl)c1. The first kappa shape index (κ1) is 14.4. The van der Waals surface area contributed by atoms with Gasteiger partial charge in [-0.3, -0.25) is 4.79 Å². The number of hydrogen-bond acceptors (Lipinski definition) is 2. The summed E-state index contributed by atoms with van der Waals surface area (Å²) in [6.45, 7) is 0. The zero-order valence-electron chi connectivity index (χ0n) is 10.4. The minimum absolute atomic E-state index is 0.180. The Morgan fingerprint density at radius 2 is 1.80 bits per heavy atom. The van der Waals surface area contributed by atoms with Crippen LogP contribution in [0.25, 0.3) is 0 Å². The van der Waals surface area contributed by atoms with E-state index in [0.717, 1.165) is 0 Å². The molecule has 0 aromatic heterocycles. The summed E-state index contributed by atoms with van der Waals surface area (Å²) in [5.41, 5.74) is 1.66. The Kier molecular flexibility index (Phi) is 4.62. The first-order valence-corrected chi connectivity index (χ1v) is 6.58. The summed E-state index contributed by atoms with van der Waals surface area (Å²) in [7, 11) is 0. The van der Waals surface area contributed by atoms with E-state index >= 15 is 0 Å². The van der Waals surface area contributed by atoms with E-state index in [4.69, 9.17) is 28.5 Å². The summed E-state index contributed by atoms with van der Waals surface area (Å²) in [4.78, 5) is 12.2. The molecule has 1 amide bonds. The molecule has 0 spiro atoms. The zero-order chi connectivity index (χ0) is 14.5. The lowest BCUT2D eigenvalue weighted by Crippen LogP contribution is -2.14. The minimum Gasteiger partial charge on any atom is -0.322 e. The number of nitriles is 1. The Hall–Kier alpha value is -2.02. The highest BCUT2D eigenvalue weighted by Crippen LogP contribution is 2.23. The summed E-state index contributed by atoms with van der Waals surface area (Å²) < 4.78 is 0. The minimum atomic E-state index is -0.297. The number of anilines is 1. The lowest BCUT2D eigenvalue weighted by molar-refractivity contribution is 0.102. The van der Waals surface area contributed by atoms with Gasteiger partial charge in [-0.1, -0.05) is 41.4 Å². The first-order valence-electron chi connectivity index (χ1n) is 5.82. The van der Waals surface area contributed by atoms with Gasteiger partial charge >= 0.3 is 0 Å². The zero-order valence-corrected chi connectivity index (χ0v) is 11.9. The summed E-state index contributed by atoms with van der Waals surface area (Å²) in [5, 5.41) is 12.4. The third-order valence-electron chi connectivity index (χ3n) is 2.65. The number of nitrogens with zero attached hydrogens (tertiary/aromatic N) is 1. The number of carbonyl (C=O) groups is 1. The van der Waals surface area contributed by atoms with Crippen molar-refractivity contribution < 1.29 is 4.79 Å². The summed E-state index contributed by atoms with van der Waals surface area (Å²) in [6.07, 6.45) is 0.180. The van der Waals surface area contributed by atoms with Crippen LogP contribution in [-0.4, -0.2) is 5.91 Å². The second-order valence-corrected chi connectivity index (χ2v) is 4.98. The molecule has 0 bridgehead atoms. The Morgan fingerprint density at radius 3 is 2.45 bits per heavy atom. The molecule has 0 atom stereocenters. The average molecular weight is 305 g/mol. The van der Waals surface area contributed by atoms with Gasteiger partial charge < -0.3 is 5.32 Å². The highest BCUT2D eigenvalue weighted by molar-refractivity contribution is 6.35. The second-order valence-electron chi connectivity index (χ2n) is 4.10. The molecule has 2 aromatic carbocycles. The topological polar surface area (TPSA) is 52.9 Å². The fraction of sp³-hybridized carbons (Fsp3) is 0.0667. The van der Waals surface area contributed by atoms with E-state index in [2.05, 4.69) is 5.32 Å². The maximum absolute atomic E-state index is 12.2. The van der Waals surface area contributed by atoms with Gasteiger partial charge in [-0.05, 0) is 29.8 Å². The number of nitrogens with one attached hydrogen (secondary N) is 1. The van der Waals surface area contributed by atoms with Crippen molar-refractivity contribution in [2.24, 2.45) is 0 Å². The number of hydrogen-bond donors (Lipinski definition) is 1. The molecular formula is C15H10Cl2N2O. The summed E-state index contributed by atoms with van der Waals surface area (Å²) in [5.74, 6) is -0.297. The summed E-state index contributed by atoms with van der Waals surface area (Å²) >= 11 is 11.8. The lowest BCUT2D eigenvalue weighted by Gasteiger charge is -2.09. The monoisotopic (exact) mass is 304 g/mol. The highest BCUT2D eigenvalue weighted by Gasteiger charge is 2.11. The van der Waals surface area contributed by atoms with Crippen LogP contribution in [0.4, 0.5) is 5.69 Å². The molecule has 0 saturated carbocycles. The number of rotatable bonds is 3. The van der Waals surface area contributed by atoms with Gasteiger partial charge in [0, 0.05) is 21.3 Å². The first-order chi connectivity index (χ1) is 9.60. The molecule has 0 heterocycles. The molecule has 20 heavy (non-hydrogen) atoms. The highest BCUT2D eigenvalue weighted by atomic mass is 35.5. The van der Waals surface area contributed by atoms with Gasteiger partial charge in [0.15, 0.2) is 0 Å². The van der Waals surface area contributed by atoms with Crippen LogP contribution in [0.1, 0.15) is 15.9 Å². The number of carbonyl (C=O) groups excluding carboxylic acids is 1. The van der Waals surface area contributed by atoms with Crippen LogP contribution in [0.15, 0.2) is 42.5 Å². The van der Waals surface area contributed by atoms with E-state index in [9.17, 15) is 4.79 Å². The third-order valence-corrected chi connectivity index (χ3v) is 3.09. The van der Waals surface area contributed by atoms with Gasteiger partial charge in [0.25, 0.3) is 5.91 Å². The van der Waals surface area contributed by atoms with E-state index in [1.54, 1.807) is 42.5 Å². The number of benzene rings is 2. The Balaban J connectivity index is 2.26. The largest absolute Gasteiger partial charge is 0.322 e. The van der Waals surface area contributed by atoms with Crippen LogP contribution in [0.3, 0.4) is 0 Å². The standard InChI is InChI=1S/C15H10Cl2N2O/c16-11-7-12(17)9-13(8-11)19-15(20)14-4-2-1-3-10(14)5-6-18/h1-4,7-9H,5H2,(H,19,20). The smallest absolute Gasteiger partial charge is 0.255 e. The molecule has 100 valence electrons. The van der Waals surface area contributed by atoms with E-state index in [-0.39, 0.29) is 12.3 Å². The van der Waals surface area contributed by atoms with Crippen molar-refractivity contribution in [1.29, 1.82) is 5.26 Å². The normalized spacial score (nSPS) is 9.85. The molecule has 3 nitrogen and oxygen atoms in total. The lowest BCUT2D eigenvalue weighted by atomic mass is 10.0. The average Bonchev–Trinajstić information content (AvgIpc) is 2.38. The van der Waals surface area contributed by atoms with Crippen molar-refractivity contribution in [2.75, 3.05) is 5.32 Å². The molecule has 0 unspecified atom stereocenters. The van der Waals surface area contributed by atoms with Gasteiger partial charge in [0.1, 0.15) is 0 Å². The van der Waals surface area contributed by atoms with Crippen molar-refractivity contribution >= 4 is 34.8 Å². The molecule has 2 aromatic rings. The quantitative estimate of drug-likeness (QED) is 0.918. The van der Waals surface area contributed by atoms with Gasteiger partial charge in [0.2, 0.25) is 0 Å². The fourth-order valence-electron chi connectivity index (χ4n) is 1.81. The molecule has 5 heteroatoms. The van der Waals surface area contributed by atoms with Crippen LogP contribution in [0.5, 0.6) is 0 Å². The van der Waals surface area contributed by atoms with Crippen molar-refractivity contribution in [2.45, 2.75) is 6.42 Å². The molecule has 0 fully saturated rings. The van der Waals surface area contributed by atoms with E-state index < -0.39 is 0 Å². The van der Waals surface area contributed by atoms with Gasteiger partial charge in [-0.15, -0.1) is 0 Å². The summed E-state index contributed by atoms with van der Waals surface area (Å²) in [6, 6.07) is 13.8. The van der Waals surface area contributed by atoms with Crippen LogP contribution in [0.2, 0.25) is 10.0 Å². The number of halogens is 2. The van der Waals surface area contributed by atoms with E-state index in [1.165, 1.54) is 0 Å². The van der Waals surface area contributed by atoms with Gasteiger partial charge in [-0.25, -0.2) is 0 Å². The molecular weight excluding hydrogens is 295 g/mol. The molecule has 1 N–H and O–H groups in total. The Morgan fingerprint density at radius 1 is 1.15 bits per heavy atom. The van der Waals surface area contributed by atoms with Crippen LogP contribution in [-0.2, 0) is 6.42 Å². The predicted octanol–water partition coefficient (Wildman–Crippen LogP) is 4.31. The van der Waals surface area contributed by atoms with Gasteiger partial charge in [0.05, 0.1) is 12.5 Å². The number of amides is 1. The molecule has 0 aliphatic heterocycles. The van der Waals surface area contributed by atoms with Crippen molar-refractivity contribution in [1.82, 2.24) is 0 Å². The maximum Gasteiger partial charge on any atom is 0.255 e. The van der Waals surface area contributed by atoms with Gasteiger partial charge in [-0.2, -0.15) is 5.26 Å². The molecule has 0 saturated heterocycles. The van der Waals surface area contributed by atoms with Crippen LogP contribution < -0.4 is 5.32 Å².